The van der Waals surface area contributed by atoms with Gasteiger partial charge in [0, 0.05) is 4.88 Å². The monoisotopic (exact) mass is 400 g/mol. The number of hydrogen-bond donors (Lipinski definition) is 1. The van der Waals surface area contributed by atoms with Crippen molar-refractivity contribution in [3.8, 4) is 6.07 Å². The number of sulfone groups is 1. The normalized spacial score (nSPS) is 12.6. The Hall–Kier alpha value is -2.64. The first-order chi connectivity index (χ1) is 12.0. The third-order valence-electron chi connectivity index (χ3n) is 3.20. The van der Waals surface area contributed by atoms with E-state index in [1.807, 2.05) is 0 Å². The zero-order chi connectivity index (χ0) is 19.5. The number of amides is 1. The lowest BCUT2D eigenvalue weighted by Crippen LogP contribution is -2.09. The van der Waals surface area contributed by atoms with Gasteiger partial charge >= 0.3 is 6.18 Å². The molecule has 1 amide bonds. The second-order valence-electron chi connectivity index (χ2n) is 5.14. The van der Waals surface area contributed by atoms with E-state index in [4.69, 9.17) is 11.0 Å². The highest BCUT2D eigenvalue weighted by Crippen LogP contribution is 2.30. The molecule has 0 aliphatic heterocycles. The van der Waals surface area contributed by atoms with Crippen LogP contribution in [-0.2, 0) is 21.8 Å². The van der Waals surface area contributed by atoms with E-state index in [1.165, 1.54) is 24.3 Å². The molecule has 0 bridgehead atoms. The Labute approximate surface area is 151 Å². The molecule has 2 N–H and O–H groups in total. The summed E-state index contributed by atoms with van der Waals surface area (Å²) in [6.07, 6.45) is -3.55. The second kappa shape index (κ2) is 7.31. The topological polar surface area (TPSA) is 101 Å². The molecule has 0 aliphatic rings. The van der Waals surface area contributed by atoms with Crippen LogP contribution in [0.25, 0.3) is 6.08 Å². The number of nitriles is 1. The van der Waals surface area contributed by atoms with E-state index < -0.39 is 38.1 Å². The quantitative estimate of drug-likeness (QED) is 0.778. The fraction of sp³-hybridized carbons (Fsp3) is 0.125. The number of alkyl halides is 3. The molecule has 0 fully saturated rings. The summed E-state index contributed by atoms with van der Waals surface area (Å²) >= 11 is 0.898. The van der Waals surface area contributed by atoms with Gasteiger partial charge < -0.3 is 5.73 Å². The third kappa shape index (κ3) is 4.71. The molecule has 5 nitrogen and oxygen atoms in total. The average molecular weight is 400 g/mol. The highest BCUT2D eigenvalue weighted by molar-refractivity contribution is 7.95. The van der Waals surface area contributed by atoms with E-state index in [9.17, 15) is 26.4 Å². The number of rotatable bonds is 5. The maximum absolute atomic E-state index is 12.7. The van der Waals surface area contributed by atoms with Crippen molar-refractivity contribution in [2.75, 3.05) is 0 Å². The Kier molecular flexibility index (Phi) is 5.53. The first-order valence-corrected chi connectivity index (χ1v) is 9.40. The van der Waals surface area contributed by atoms with Crippen molar-refractivity contribution in [1.29, 1.82) is 5.26 Å². The van der Waals surface area contributed by atoms with Gasteiger partial charge in [0.25, 0.3) is 5.91 Å². The molecule has 0 saturated heterocycles. The standard InChI is InChI=1S/C16H11F3N2O3S2/c17-16(18,19)11-3-1-2-10(6-11)9-26(23,24)13(8-20)7-12-4-5-14(25-12)15(21)22/h1-7H,9H2,(H2,21,22)/b13-7-. The predicted octanol–water partition coefficient (Wildman–Crippen LogP) is 3.35. The number of allylic oxidation sites excluding steroid dienone is 1. The number of carbonyl (C=O) groups excluding carboxylic acids is 1. The Balaban J connectivity index is 2.34. The molecule has 0 atom stereocenters. The Morgan fingerprint density at radius 2 is 1.96 bits per heavy atom. The van der Waals surface area contributed by atoms with Gasteiger partial charge in [-0.05, 0) is 29.8 Å². The van der Waals surface area contributed by atoms with Gasteiger partial charge in [0.1, 0.15) is 11.0 Å². The summed E-state index contributed by atoms with van der Waals surface area (Å²) in [5.74, 6) is -1.45. The number of nitrogens with two attached hydrogens (primary N) is 1. The summed E-state index contributed by atoms with van der Waals surface area (Å²) in [6, 6.07) is 8.22. The molecule has 2 rings (SSSR count). The number of thiophene rings is 1. The zero-order valence-electron chi connectivity index (χ0n) is 12.9. The van der Waals surface area contributed by atoms with Gasteiger partial charge in [-0.15, -0.1) is 11.3 Å². The number of nitrogens with zero attached hydrogens (tertiary/aromatic N) is 1. The number of primary amides is 1. The number of hydrogen-bond acceptors (Lipinski definition) is 5. The molecule has 26 heavy (non-hydrogen) atoms. The number of halogens is 3. The van der Waals surface area contributed by atoms with Crippen LogP contribution < -0.4 is 5.73 Å². The first kappa shape index (κ1) is 19.7. The highest BCUT2D eigenvalue weighted by Gasteiger charge is 2.31. The van der Waals surface area contributed by atoms with Crippen molar-refractivity contribution in [1.82, 2.24) is 0 Å². The van der Waals surface area contributed by atoms with Gasteiger partial charge in [-0.1, -0.05) is 18.2 Å². The zero-order valence-corrected chi connectivity index (χ0v) is 14.6. The maximum atomic E-state index is 12.7. The first-order valence-electron chi connectivity index (χ1n) is 6.93. The van der Waals surface area contributed by atoms with Crippen molar-refractivity contribution >= 4 is 33.2 Å². The van der Waals surface area contributed by atoms with Gasteiger partial charge in [0.2, 0.25) is 0 Å². The van der Waals surface area contributed by atoms with Gasteiger partial charge in [0.05, 0.1) is 16.2 Å². The largest absolute Gasteiger partial charge is 0.416 e. The summed E-state index contributed by atoms with van der Waals surface area (Å²) in [7, 11) is -4.17. The Bertz CT molecular complexity index is 1020. The minimum atomic E-state index is -4.60. The predicted molar refractivity (Wildman–Crippen MR) is 90.5 cm³/mol. The smallest absolute Gasteiger partial charge is 0.365 e. The fourth-order valence-corrected chi connectivity index (χ4v) is 4.12. The molecule has 1 heterocycles. The summed E-state index contributed by atoms with van der Waals surface area (Å²) < 4.78 is 62.9. The molecule has 2 aromatic rings. The van der Waals surface area contributed by atoms with Crippen LogP contribution in [0.3, 0.4) is 0 Å². The van der Waals surface area contributed by atoms with Crippen LogP contribution in [0.15, 0.2) is 41.3 Å². The van der Waals surface area contributed by atoms with E-state index in [2.05, 4.69) is 0 Å². The molecule has 1 aromatic carbocycles. The number of carbonyl (C=O) groups is 1. The summed E-state index contributed by atoms with van der Waals surface area (Å²) in [5.41, 5.74) is 4.04. The maximum Gasteiger partial charge on any atom is 0.416 e. The van der Waals surface area contributed by atoms with Crippen molar-refractivity contribution in [3.63, 3.8) is 0 Å². The van der Waals surface area contributed by atoms with E-state index in [0.29, 0.717) is 4.88 Å². The van der Waals surface area contributed by atoms with E-state index >= 15 is 0 Å². The molecule has 1 aromatic heterocycles. The SMILES string of the molecule is N#C/C(=C/c1ccc(C(N)=O)s1)S(=O)(=O)Cc1cccc(C(F)(F)F)c1. The van der Waals surface area contributed by atoms with Crippen LogP contribution in [0.4, 0.5) is 13.2 Å². The van der Waals surface area contributed by atoms with Gasteiger partial charge in [-0.2, -0.15) is 18.4 Å². The van der Waals surface area contributed by atoms with Crippen molar-refractivity contribution < 1.29 is 26.4 Å². The van der Waals surface area contributed by atoms with Crippen molar-refractivity contribution in [2.24, 2.45) is 5.73 Å². The molecule has 136 valence electrons. The molecule has 10 heteroatoms. The van der Waals surface area contributed by atoms with Gasteiger partial charge in [0.15, 0.2) is 9.84 Å². The van der Waals surface area contributed by atoms with Gasteiger partial charge in [-0.25, -0.2) is 8.42 Å². The summed E-state index contributed by atoms with van der Waals surface area (Å²) in [6.45, 7) is 0. The summed E-state index contributed by atoms with van der Waals surface area (Å²) in [4.78, 5) is 10.9. The lowest BCUT2D eigenvalue weighted by Gasteiger charge is -2.09. The molecular formula is C16H11F3N2O3S2. The lowest BCUT2D eigenvalue weighted by atomic mass is 10.1. The van der Waals surface area contributed by atoms with Crippen LogP contribution in [0.1, 0.15) is 25.7 Å². The molecule has 0 radical (unpaired) electrons. The van der Waals surface area contributed by atoms with Crippen LogP contribution in [0, 0.1) is 11.3 Å². The molecule has 0 spiro atoms. The third-order valence-corrected chi connectivity index (χ3v) is 5.84. The Morgan fingerprint density at radius 3 is 2.50 bits per heavy atom. The Morgan fingerprint density at radius 1 is 1.27 bits per heavy atom. The van der Waals surface area contributed by atoms with Crippen molar-refractivity contribution in [2.45, 2.75) is 11.9 Å². The van der Waals surface area contributed by atoms with E-state index in [0.717, 1.165) is 35.6 Å². The summed E-state index contributed by atoms with van der Waals surface area (Å²) in [5, 5.41) is 9.14. The minimum Gasteiger partial charge on any atom is -0.365 e. The molecule has 0 saturated carbocycles. The molecule has 0 aliphatic carbocycles. The van der Waals surface area contributed by atoms with Crippen LogP contribution in [0.2, 0.25) is 0 Å². The highest BCUT2D eigenvalue weighted by atomic mass is 32.2. The minimum absolute atomic E-state index is 0.0926. The molecular weight excluding hydrogens is 389 g/mol. The fourth-order valence-electron chi connectivity index (χ4n) is 2.02. The van der Waals surface area contributed by atoms with Crippen LogP contribution in [0.5, 0.6) is 0 Å². The molecule has 0 unspecified atom stereocenters. The van der Waals surface area contributed by atoms with E-state index in [1.54, 1.807) is 0 Å². The van der Waals surface area contributed by atoms with Crippen LogP contribution in [-0.4, -0.2) is 14.3 Å². The number of benzene rings is 1. The van der Waals surface area contributed by atoms with Crippen molar-refractivity contribution in [3.05, 3.63) is 62.2 Å². The second-order valence-corrected chi connectivity index (χ2v) is 8.22. The van der Waals surface area contributed by atoms with E-state index in [-0.39, 0.29) is 10.4 Å². The average Bonchev–Trinajstić information content (AvgIpc) is 3.00. The lowest BCUT2D eigenvalue weighted by molar-refractivity contribution is -0.137. The van der Waals surface area contributed by atoms with Crippen LogP contribution >= 0.6 is 11.3 Å². The van der Waals surface area contributed by atoms with Gasteiger partial charge in [-0.3, -0.25) is 4.79 Å².